The first-order valence-electron chi connectivity index (χ1n) is 7.73. The Labute approximate surface area is 156 Å². The van der Waals surface area contributed by atoms with Crippen molar-refractivity contribution in [2.75, 3.05) is 11.9 Å². The minimum absolute atomic E-state index is 0.0277. The number of non-ortho nitro benzene ring substituents is 1. The van der Waals surface area contributed by atoms with Gasteiger partial charge in [-0.25, -0.2) is 0 Å². The van der Waals surface area contributed by atoms with Gasteiger partial charge >= 0.3 is 18.0 Å². The van der Waals surface area contributed by atoms with E-state index in [1.54, 1.807) is 5.32 Å². The highest BCUT2D eigenvalue weighted by atomic mass is 19.4. The lowest BCUT2D eigenvalue weighted by atomic mass is 9.93. The van der Waals surface area contributed by atoms with E-state index in [4.69, 9.17) is 0 Å². The van der Waals surface area contributed by atoms with Crippen LogP contribution in [-0.4, -0.2) is 34.6 Å². The van der Waals surface area contributed by atoms with E-state index in [0.29, 0.717) is 0 Å². The predicted molar refractivity (Wildman–Crippen MR) is 91.1 cm³/mol. The number of aliphatic hydroxyl groups is 1. The molecule has 0 fully saturated rings. The summed E-state index contributed by atoms with van der Waals surface area (Å²) in [6.45, 7) is -1.28. The molecular weight excluding hydrogens is 383 g/mol. The highest BCUT2D eigenvalue weighted by Gasteiger charge is 2.55. The fourth-order valence-electron chi connectivity index (χ4n) is 2.22. The topological polar surface area (TPSA) is 122 Å². The molecule has 2 aromatic carbocycles. The molecule has 0 heterocycles. The van der Waals surface area contributed by atoms with Gasteiger partial charge < -0.3 is 15.7 Å². The fraction of sp³-hybridized carbons (Fsp3) is 0.176. The summed E-state index contributed by atoms with van der Waals surface area (Å²) in [7, 11) is 0. The van der Waals surface area contributed by atoms with E-state index in [9.17, 15) is 38.0 Å². The van der Waals surface area contributed by atoms with E-state index >= 15 is 0 Å². The molecule has 2 amide bonds. The standard InChI is InChI=1S/C17H14F3N3O5/c18-17(19,20)16(26,11-4-2-1-3-5-11)10-21-14(24)15(25)22-12-6-8-13(9-7-12)23(27)28/h1-9,26H,10H2,(H,21,24)(H,22,25). The summed E-state index contributed by atoms with van der Waals surface area (Å²) >= 11 is 0. The molecule has 0 bridgehead atoms. The number of nitrogens with zero attached hydrogens (tertiary/aromatic N) is 1. The van der Waals surface area contributed by atoms with Crippen LogP contribution in [0.5, 0.6) is 0 Å². The van der Waals surface area contributed by atoms with Crippen molar-refractivity contribution < 1.29 is 32.8 Å². The van der Waals surface area contributed by atoms with E-state index in [-0.39, 0.29) is 11.4 Å². The van der Waals surface area contributed by atoms with Crippen molar-refractivity contribution >= 4 is 23.2 Å². The average Bonchev–Trinajstić information content (AvgIpc) is 2.66. The van der Waals surface area contributed by atoms with Crippen LogP contribution in [0.15, 0.2) is 54.6 Å². The molecule has 2 rings (SSSR count). The Bertz CT molecular complexity index is 872. The number of halogens is 3. The number of amides is 2. The van der Waals surface area contributed by atoms with E-state index in [2.05, 4.69) is 5.32 Å². The maximum atomic E-state index is 13.3. The van der Waals surface area contributed by atoms with Crippen molar-refractivity contribution in [3.63, 3.8) is 0 Å². The third-order valence-electron chi connectivity index (χ3n) is 3.77. The quantitative estimate of drug-likeness (QED) is 0.405. The molecular formula is C17H14F3N3O5. The summed E-state index contributed by atoms with van der Waals surface area (Å²) in [4.78, 5) is 33.5. The van der Waals surface area contributed by atoms with Crippen LogP contribution in [0.4, 0.5) is 24.5 Å². The molecule has 8 nitrogen and oxygen atoms in total. The minimum atomic E-state index is -5.11. The van der Waals surface area contributed by atoms with Crippen LogP contribution in [0.3, 0.4) is 0 Å². The number of alkyl halides is 3. The van der Waals surface area contributed by atoms with Gasteiger partial charge in [-0.2, -0.15) is 13.2 Å². The van der Waals surface area contributed by atoms with Crippen molar-refractivity contribution in [3.8, 4) is 0 Å². The molecule has 28 heavy (non-hydrogen) atoms. The van der Waals surface area contributed by atoms with Crippen molar-refractivity contribution in [2.24, 2.45) is 0 Å². The maximum Gasteiger partial charge on any atom is 0.423 e. The number of nitro benzene ring substituents is 1. The average molecular weight is 397 g/mol. The first-order valence-corrected chi connectivity index (χ1v) is 7.73. The fourth-order valence-corrected chi connectivity index (χ4v) is 2.22. The van der Waals surface area contributed by atoms with E-state index in [1.165, 1.54) is 18.2 Å². The molecule has 0 aromatic heterocycles. The van der Waals surface area contributed by atoms with Gasteiger partial charge in [0.05, 0.1) is 11.5 Å². The third-order valence-corrected chi connectivity index (χ3v) is 3.77. The van der Waals surface area contributed by atoms with Crippen LogP contribution in [0.25, 0.3) is 0 Å². The Kier molecular flexibility index (Phi) is 5.99. The van der Waals surface area contributed by atoms with Crippen molar-refractivity contribution in [1.82, 2.24) is 5.32 Å². The number of carbonyl (C=O) groups is 2. The molecule has 0 aliphatic heterocycles. The Balaban J connectivity index is 2.06. The highest BCUT2D eigenvalue weighted by Crippen LogP contribution is 2.38. The van der Waals surface area contributed by atoms with E-state index in [1.807, 2.05) is 0 Å². The smallest absolute Gasteiger partial charge is 0.375 e. The third kappa shape index (κ3) is 4.62. The van der Waals surface area contributed by atoms with Crippen LogP contribution in [0.2, 0.25) is 0 Å². The number of nitro groups is 1. The summed E-state index contributed by atoms with van der Waals surface area (Å²) in [6, 6.07) is 10.6. The van der Waals surface area contributed by atoms with Crippen molar-refractivity contribution in [1.29, 1.82) is 0 Å². The van der Waals surface area contributed by atoms with Crippen LogP contribution >= 0.6 is 0 Å². The Morgan fingerprint density at radius 1 is 1.00 bits per heavy atom. The minimum Gasteiger partial charge on any atom is -0.375 e. The molecule has 0 saturated heterocycles. The molecule has 11 heteroatoms. The summed E-state index contributed by atoms with van der Waals surface area (Å²) in [5.74, 6) is -2.72. The number of nitrogens with one attached hydrogen (secondary N) is 2. The van der Waals surface area contributed by atoms with Crippen molar-refractivity contribution in [2.45, 2.75) is 11.8 Å². The van der Waals surface area contributed by atoms with Gasteiger partial charge in [-0.15, -0.1) is 0 Å². The number of carbonyl (C=O) groups excluding carboxylic acids is 2. The largest absolute Gasteiger partial charge is 0.423 e. The van der Waals surface area contributed by atoms with Gasteiger partial charge in [0.2, 0.25) is 5.60 Å². The van der Waals surface area contributed by atoms with E-state index < -0.39 is 40.6 Å². The highest BCUT2D eigenvalue weighted by molar-refractivity contribution is 6.39. The first-order chi connectivity index (χ1) is 13.0. The molecule has 1 atom stereocenters. The normalized spacial score (nSPS) is 13.3. The lowest BCUT2D eigenvalue weighted by Crippen LogP contribution is -2.52. The predicted octanol–water partition coefficient (Wildman–Crippen LogP) is 2.10. The molecule has 0 saturated carbocycles. The summed E-state index contributed by atoms with van der Waals surface area (Å²) < 4.78 is 40.0. The number of hydrogen-bond acceptors (Lipinski definition) is 5. The van der Waals surface area contributed by atoms with Gasteiger partial charge in [-0.05, 0) is 17.7 Å². The van der Waals surface area contributed by atoms with Crippen LogP contribution in [0.1, 0.15) is 5.56 Å². The van der Waals surface area contributed by atoms with Crippen molar-refractivity contribution in [3.05, 3.63) is 70.3 Å². The number of anilines is 1. The zero-order valence-electron chi connectivity index (χ0n) is 14.1. The second kappa shape index (κ2) is 8.05. The Hall–Kier alpha value is -3.47. The lowest BCUT2D eigenvalue weighted by Gasteiger charge is -2.31. The van der Waals surface area contributed by atoms with Gasteiger partial charge in [0.25, 0.3) is 5.69 Å². The number of rotatable bonds is 5. The number of hydrogen-bond donors (Lipinski definition) is 3. The summed E-state index contributed by atoms with van der Waals surface area (Å²) in [6.07, 6.45) is -5.11. The van der Waals surface area contributed by atoms with Crippen LogP contribution in [-0.2, 0) is 15.2 Å². The van der Waals surface area contributed by atoms with Gasteiger partial charge in [0, 0.05) is 17.8 Å². The second-order valence-corrected chi connectivity index (χ2v) is 5.66. The summed E-state index contributed by atoms with van der Waals surface area (Å²) in [5, 5.41) is 24.5. The zero-order valence-corrected chi connectivity index (χ0v) is 14.1. The SMILES string of the molecule is O=C(NCC(O)(c1ccccc1)C(F)(F)F)C(=O)Nc1ccc([N+](=O)[O-])cc1. The maximum absolute atomic E-state index is 13.3. The molecule has 0 aliphatic rings. The number of benzene rings is 2. The van der Waals surface area contributed by atoms with Crippen LogP contribution in [0, 0.1) is 10.1 Å². The van der Waals surface area contributed by atoms with Gasteiger partial charge in [-0.1, -0.05) is 30.3 Å². The monoisotopic (exact) mass is 397 g/mol. The molecule has 0 radical (unpaired) electrons. The lowest BCUT2D eigenvalue weighted by molar-refractivity contribution is -0.384. The Morgan fingerprint density at radius 2 is 1.57 bits per heavy atom. The van der Waals surface area contributed by atoms with Gasteiger partial charge in [0.15, 0.2) is 0 Å². The molecule has 148 valence electrons. The molecule has 3 N–H and O–H groups in total. The first kappa shape index (κ1) is 20.8. The molecule has 0 spiro atoms. The van der Waals surface area contributed by atoms with Gasteiger partial charge in [-0.3, -0.25) is 19.7 Å². The van der Waals surface area contributed by atoms with E-state index in [0.717, 1.165) is 36.4 Å². The van der Waals surface area contributed by atoms with Crippen LogP contribution < -0.4 is 10.6 Å². The summed E-state index contributed by atoms with van der Waals surface area (Å²) in [5.41, 5.74) is -4.11. The molecule has 2 aromatic rings. The zero-order chi connectivity index (χ0) is 20.9. The Morgan fingerprint density at radius 3 is 2.07 bits per heavy atom. The second-order valence-electron chi connectivity index (χ2n) is 5.66. The van der Waals surface area contributed by atoms with Gasteiger partial charge in [0.1, 0.15) is 0 Å². The molecule has 0 aliphatic carbocycles. The molecule has 1 unspecified atom stereocenters.